The van der Waals surface area contributed by atoms with Gasteiger partial charge in [-0.3, -0.25) is 4.79 Å². The van der Waals surface area contributed by atoms with Gasteiger partial charge in [0, 0.05) is 7.11 Å². The average Bonchev–Trinajstić information content (AvgIpc) is 2.45. The number of carboxylic acids is 1. The lowest BCUT2D eigenvalue weighted by Gasteiger charge is -2.15. The van der Waals surface area contributed by atoms with Gasteiger partial charge in [0.25, 0.3) is 5.91 Å². The highest BCUT2D eigenvalue weighted by Gasteiger charge is 2.20. The summed E-state index contributed by atoms with van der Waals surface area (Å²) in [5, 5.41) is 11.2. The monoisotopic (exact) mass is 297 g/mol. The number of amides is 1. The fourth-order valence-electron chi connectivity index (χ4n) is 1.61. The minimum Gasteiger partial charge on any atom is -0.493 e. The lowest BCUT2D eigenvalue weighted by atomic mass is 10.2. The molecule has 0 fully saturated rings. The van der Waals surface area contributed by atoms with Gasteiger partial charge in [0.05, 0.1) is 13.7 Å². The lowest BCUT2D eigenvalue weighted by Crippen LogP contribution is -2.45. The molecule has 116 valence electrons. The van der Waals surface area contributed by atoms with Crippen LogP contribution in [0.3, 0.4) is 0 Å². The summed E-state index contributed by atoms with van der Waals surface area (Å²) in [6.07, 6.45) is 0. The van der Waals surface area contributed by atoms with Gasteiger partial charge in [-0.1, -0.05) is 6.07 Å². The maximum Gasteiger partial charge on any atom is 0.328 e. The summed E-state index contributed by atoms with van der Waals surface area (Å²) >= 11 is 0. The number of methoxy groups -OCH3 is 2. The molecular weight excluding hydrogens is 278 g/mol. The summed E-state index contributed by atoms with van der Waals surface area (Å²) in [5.74, 6) is -0.800. The molecule has 0 spiro atoms. The molecule has 1 aromatic carbocycles. The number of aliphatic carboxylic acids is 1. The number of hydrogen-bond donors (Lipinski definition) is 2. The van der Waals surface area contributed by atoms with Crippen LogP contribution in [0.15, 0.2) is 18.2 Å². The molecule has 1 unspecified atom stereocenters. The van der Waals surface area contributed by atoms with Gasteiger partial charge >= 0.3 is 5.97 Å². The van der Waals surface area contributed by atoms with E-state index < -0.39 is 17.9 Å². The molecule has 0 heterocycles. The first-order valence-electron chi connectivity index (χ1n) is 6.26. The van der Waals surface area contributed by atoms with Crippen molar-refractivity contribution in [2.75, 3.05) is 27.4 Å². The van der Waals surface area contributed by atoms with E-state index in [0.29, 0.717) is 11.5 Å². The molecule has 1 rings (SSSR count). The maximum absolute atomic E-state index is 11.7. The Morgan fingerprint density at radius 1 is 1.29 bits per heavy atom. The number of aryl methyl sites for hydroxylation is 1. The fraction of sp³-hybridized carbons (Fsp3) is 0.429. The quantitative estimate of drug-likeness (QED) is 0.729. The average molecular weight is 297 g/mol. The smallest absolute Gasteiger partial charge is 0.328 e. The van der Waals surface area contributed by atoms with Crippen LogP contribution in [0.2, 0.25) is 0 Å². The van der Waals surface area contributed by atoms with Crippen LogP contribution in [-0.2, 0) is 14.3 Å². The standard InChI is InChI=1S/C14H19NO6/c1-9-4-5-11(12(6-9)20-3)21-8-13(16)15-10(7-19-2)14(17)18/h4-6,10H,7-8H2,1-3H3,(H,15,16)(H,17,18). The Labute approximate surface area is 122 Å². The van der Waals surface area contributed by atoms with E-state index in [9.17, 15) is 9.59 Å². The molecule has 21 heavy (non-hydrogen) atoms. The molecule has 1 aromatic rings. The van der Waals surface area contributed by atoms with E-state index in [1.165, 1.54) is 14.2 Å². The molecule has 0 aliphatic carbocycles. The van der Waals surface area contributed by atoms with Crippen LogP contribution in [0.25, 0.3) is 0 Å². The molecule has 1 amide bonds. The van der Waals surface area contributed by atoms with E-state index in [0.717, 1.165) is 5.56 Å². The lowest BCUT2D eigenvalue weighted by molar-refractivity contribution is -0.143. The molecule has 0 saturated carbocycles. The third-order valence-electron chi connectivity index (χ3n) is 2.64. The van der Waals surface area contributed by atoms with Crippen LogP contribution >= 0.6 is 0 Å². The number of rotatable bonds is 8. The second kappa shape index (κ2) is 8.11. The number of carbonyl (C=O) groups is 2. The molecule has 0 aliphatic rings. The van der Waals surface area contributed by atoms with Gasteiger partial charge in [0.15, 0.2) is 24.1 Å². The van der Waals surface area contributed by atoms with Crippen LogP contribution in [0.1, 0.15) is 5.56 Å². The van der Waals surface area contributed by atoms with E-state index in [4.69, 9.17) is 19.3 Å². The number of benzene rings is 1. The molecule has 0 aliphatic heterocycles. The van der Waals surface area contributed by atoms with Crippen molar-refractivity contribution in [2.45, 2.75) is 13.0 Å². The number of carbonyl (C=O) groups excluding carboxylic acids is 1. The van der Waals surface area contributed by atoms with Crippen LogP contribution in [0.5, 0.6) is 11.5 Å². The summed E-state index contributed by atoms with van der Waals surface area (Å²) in [4.78, 5) is 22.6. The summed E-state index contributed by atoms with van der Waals surface area (Å²) < 4.78 is 15.2. The zero-order valence-electron chi connectivity index (χ0n) is 12.2. The number of ether oxygens (including phenoxy) is 3. The highest BCUT2D eigenvalue weighted by Crippen LogP contribution is 2.27. The molecule has 0 bridgehead atoms. The van der Waals surface area contributed by atoms with Gasteiger partial charge < -0.3 is 24.6 Å². The number of hydrogen-bond acceptors (Lipinski definition) is 5. The number of nitrogens with one attached hydrogen (secondary N) is 1. The molecule has 0 aromatic heterocycles. The molecule has 2 N–H and O–H groups in total. The van der Waals surface area contributed by atoms with Crippen molar-refractivity contribution in [2.24, 2.45) is 0 Å². The van der Waals surface area contributed by atoms with Gasteiger partial charge in [-0.05, 0) is 24.6 Å². The Kier molecular flexibility index (Phi) is 6.48. The van der Waals surface area contributed by atoms with Gasteiger partial charge in [0.1, 0.15) is 0 Å². The first-order chi connectivity index (χ1) is 9.97. The van der Waals surface area contributed by atoms with Crippen LogP contribution in [0, 0.1) is 6.92 Å². The minimum absolute atomic E-state index is 0.116. The SMILES string of the molecule is COCC(NC(=O)COc1ccc(C)cc1OC)C(=O)O. The highest BCUT2D eigenvalue weighted by atomic mass is 16.5. The molecule has 1 atom stereocenters. The van der Waals surface area contributed by atoms with Gasteiger partial charge in [0.2, 0.25) is 0 Å². The molecule has 0 saturated heterocycles. The van der Waals surface area contributed by atoms with E-state index in [2.05, 4.69) is 5.32 Å². The van der Waals surface area contributed by atoms with Gasteiger partial charge in [-0.15, -0.1) is 0 Å². The Morgan fingerprint density at radius 2 is 2.00 bits per heavy atom. The van der Waals surface area contributed by atoms with Crippen molar-refractivity contribution in [1.82, 2.24) is 5.32 Å². The maximum atomic E-state index is 11.7. The van der Waals surface area contributed by atoms with Crippen molar-refractivity contribution < 1.29 is 28.9 Å². The third-order valence-corrected chi connectivity index (χ3v) is 2.64. The number of carboxylic acid groups (broad SMARTS) is 1. The van der Waals surface area contributed by atoms with Gasteiger partial charge in [-0.25, -0.2) is 4.79 Å². The summed E-state index contributed by atoms with van der Waals surface area (Å²) in [6.45, 7) is 1.48. The Morgan fingerprint density at radius 3 is 2.57 bits per heavy atom. The Hall–Kier alpha value is -2.28. The van der Waals surface area contributed by atoms with E-state index in [1.54, 1.807) is 12.1 Å². The largest absolute Gasteiger partial charge is 0.493 e. The van der Waals surface area contributed by atoms with E-state index in [-0.39, 0.29) is 13.2 Å². The summed E-state index contributed by atoms with van der Waals surface area (Å²) in [7, 11) is 2.86. The van der Waals surface area contributed by atoms with Crippen molar-refractivity contribution in [3.05, 3.63) is 23.8 Å². The topological polar surface area (TPSA) is 94.1 Å². The highest BCUT2D eigenvalue weighted by molar-refractivity contribution is 5.84. The Balaban J connectivity index is 2.58. The normalized spacial score (nSPS) is 11.6. The van der Waals surface area contributed by atoms with Crippen molar-refractivity contribution in [3.8, 4) is 11.5 Å². The van der Waals surface area contributed by atoms with Crippen molar-refractivity contribution >= 4 is 11.9 Å². The molecule has 0 radical (unpaired) electrons. The van der Waals surface area contributed by atoms with Crippen LogP contribution in [-0.4, -0.2) is 50.5 Å². The second-order valence-electron chi connectivity index (χ2n) is 4.36. The second-order valence-corrected chi connectivity index (χ2v) is 4.36. The van der Waals surface area contributed by atoms with Crippen molar-refractivity contribution in [1.29, 1.82) is 0 Å². The molecule has 7 heteroatoms. The Bertz CT molecular complexity index is 502. The zero-order chi connectivity index (χ0) is 15.8. The van der Waals surface area contributed by atoms with E-state index >= 15 is 0 Å². The predicted octanol–water partition coefficient (Wildman–Crippen LogP) is 0.598. The third kappa shape index (κ3) is 5.31. The summed E-state index contributed by atoms with van der Waals surface area (Å²) in [6, 6.07) is 4.18. The first-order valence-corrected chi connectivity index (χ1v) is 6.26. The van der Waals surface area contributed by atoms with E-state index in [1.807, 2.05) is 13.0 Å². The summed E-state index contributed by atoms with van der Waals surface area (Å²) in [5.41, 5.74) is 0.995. The van der Waals surface area contributed by atoms with Crippen LogP contribution in [0.4, 0.5) is 0 Å². The van der Waals surface area contributed by atoms with Gasteiger partial charge in [-0.2, -0.15) is 0 Å². The van der Waals surface area contributed by atoms with Crippen LogP contribution < -0.4 is 14.8 Å². The first kappa shape index (κ1) is 16.8. The zero-order valence-corrected chi connectivity index (χ0v) is 12.2. The molecule has 7 nitrogen and oxygen atoms in total. The minimum atomic E-state index is -1.17. The fourth-order valence-corrected chi connectivity index (χ4v) is 1.61. The molecular formula is C14H19NO6. The predicted molar refractivity (Wildman–Crippen MR) is 74.7 cm³/mol. The van der Waals surface area contributed by atoms with Crippen molar-refractivity contribution in [3.63, 3.8) is 0 Å².